The van der Waals surface area contributed by atoms with E-state index in [1.807, 2.05) is 12.4 Å². The third-order valence-corrected chi connectivity index (χ3v) is 7.50. The number of hydrogen-bond donors (Lipinski definition) is 0. The molecule has 0 radical (unpaired) electrons. The van der Waals surface area contributed by atoms with Crippen LogP contribution in [0.25, 0.3) is 11.4 Å². The van der Waals surface area contributed by atoms with Crippen LogP contribution in [-0.4, -0.2) is 22.0 Å². The quantitative estimate of drug-likeness (QED) is 0.182. The van der Waals surface area contributed by atoms with E-state index < -0.39 is 11.8 Å². The van der Waals surface area contributed by atoms with Gasteiger partial charge in [-0.2, -0.15) is 0 Å². The molecule has 2 aromatic rings. The standard InChI is InChI=1S/C31H45FN2O2/c1-3-5-7-8-9-10-12-14-25-22-33-30(34-23-25)26-17-20-28(29(32)21-26)31(35)36-27-18-15-24(16-19-27)13-11-6-4-2/h17,20-24,27H,3-16,18-19H2,1-2H3. The van der Waals surface area contributed by atoms with E-state index in [1.54, 1.807) is 6.07 Å². The van der Waals surface area contributed by atoms with E-state index in [0.717, 1.165) is 50.0 Å². The van der Waals surface area contributed by atoms with Crippen molar-refractivity contribution >= 4 is 5.97 Å². The van der Waals surface area contributed by atoms with E-state index in [2.05, 4.69) is 23.8 Å². The number of nitrogens with zero attached hydrogens (tertiary/aromatic N) is 2. The molecule has 1 fully saturated rings. The fourth-order valence-electron chi connectivity index (χ4n) is 5.18. The van der Waals surface area contributed by atoms with Crippen molar-refractivity contribution in [1.82, 2.24) is 9.97 Å². The van der Waals surface area contributed by atoms with E-state index in [-0.39, 0.29) is 11.7 Å². The third-order valence-electron chi connectivity index (χ3n) is 7.50. The highest BCUT2D eigenvalue weighted by Gasteiger charge is 2.25. The molecule has 0 aliphatic heterocycles. The Kier molecular flexibility index (Phi) is 12.4. The number of aromatic nitrogens is 2. The van der Waals surface area contributed by atoms with Crippen molar-refractivity contribution in [3.8, 4) is 11.4 Å². The van der Waals surface area contributed by atoms with Gasteiger partial charge in [-0.1, -0.05) is 84.1 Å². The van der Waals surface area contributed by atoms with Crippen LogP contribution in [-0.2, 0) is 11.2 Å². The summed E-state index contributed by atoms with van der Waals surface area (Å²) in [6, 6.07) is 4.54. The Labute approximate surface area is 217 Å². The van der Waals surface area contributed by atoms with E-state index in [1.165, 1.54) is 76.3 Å². The van der Waals surface area contributed by atoms with Crippen LogP contribution in [0.15, 0.2) is 30.6 Å². The van der Waals surface area contributed by atoms with Gasteiger partial charge in [-0.15, -0.1) is 0 Å². The summed E-state index contributed by atoms with van der Waals surface area (Å²) < 4.78 is 20.5. The lowest BCUT2D eigenvalue weighted by atomic mass is 9.84. The van der Waals surface area contributed by atoms with Crippen LogP contribution in [0.5, 0.6) is 0 Å². The number of carbonyl (C=O) groups excluding carboxylic acids is 1. The second-order valence-electron chi connectivity index (χ2n) is 10.5. The third kappa shape index (κ3) is 9.29. The van der Waals surface area contributed by atoms with Crippen molar-refractivity contribution in [2.45, 2.75) is 123 Å². The number of carbonyl (C=O) groups is 1. The second kappa shape index (κ2) is 15.7. The van der Waals surface area contributed by atoms with Crippen molar-refractivity contribution < 1.29 is 13.9 Å². The SMILES string of the molecule is CCCCCCCCCc1cnc(-c2ccc(C(=O)OC3CCC(CCCCC)CC3)c(F)c2)nc1. The van der Waals surface area contributed by atoms with Crippen molar-refractivity contribution in [2.75, 3.05) is 0 Å². The maximum Gasteiger partial charge on any atom is 0.341 e. The predicted octanol–water partition coefficient (Wildman–Crippen LogP) is 8.87. The summed E-state index contributed by atoms with van der Waals surface area (Å²) in [4.78, 5) is 21.5. The molecule has 0 bridgehead atoms. The molecule has 3 rings (SSSR count). The number of rotatable bonds is 15. The molecule has 5 heteroatoms. The van der Waals surface area contributed by atoms with Crippen molar-refractivity contribution in [1.29, 1.82) is 0 Å². The summed E-state index contributed by atoms with van der Waals surface area (Å²) in [6.45, 7) is 4.46. The smallest absolute Gasteiger partial charge is 0.341 e. The number of hydrogen-bond acceptors (Lipinski definition) is 4. The van der Waals surface area contributed by atoms with Gasteiger partial charge >= 0.3 is 5.97 Å². The first-order chi connectivity index (χ1) is 17.6. The van der Waals surface area contributed by atoms with Gasteiger partial charge in [-0.3, -0.25) is 0 Å². The predicted molar refractivity (Wildman–Crippen MR) is 144 cm³/mol. The van der Waals surface area contributed by atoms with Gasteiger partial charge in [0.2, 0.25) is 0 Å². The van der Waals surface area contributed by atoms with E-state index >= 15 is 0 Å². The highest BCUT2D eigenvalue weighted by molar-refractivity contribution is 5.90. The van der Waals surface area contributed by atoms with Crippen LogP contribution in [0.4, 0.5) is 4.39 Å². The fraction of sp³-hybridized carbons (Fsp3) is 0.645. The van der Waals surface area contributed by atoms with Crippen molar-refractivity contribution in [3.05, 3.63) is 47.5 Å². The van der Waals surface area contributed by atoms with Crippen molar-refractivity contribution in [2.24, 2.45) is 5.92 Å². The molecule has 0 atom stereocenters. The lowest BCUT2D eigenvalue weighted by Gasteiger charge is -2.28. The number of esters is 1. The maximum absolute atomic E-state index is 14.8. The summed E-state index contributed by atoms with van der Waals surface area (Å²) in [5.74, 6) is 0.0592. The topological polar surface area (TPSA) is 52.1 Å². The van der Waals surface area contributed by atoms with Gasteiger partial charge in [0, 0.05) is 18.0 Å². The summed E-state index contributed by atoms with van der Waals surface area (Å²) in [5, 5.41) is 0. The van der Waals surface area contributed by atoms with Crippen molar-refractivity contribution in [3.63, 3.8) is 0 Å². The molecule has 0 amide bonds. The molecule has 0 saturated heterocycles. The van der Waals surface area contributed by atoms with E-state index in [0.29, 0.717) is 11.4 Å². The zero-order valence-electron chi connectivity index (χ0n) is 22.4. The van der Waals surface area contributed by atoms with Gasteiger partial charge in [0.1, 0.15) is 11.9 Å². The minimum Gasteiger partial charge on any atom is -0.459 e. The maximum atomic E-state index is 14.8. The summed E-state index contributed by atoms with van der Waals surface area (Å²) in [7, 11) is 0. The summed E-state index contributed by atoms with van der Waals surface area (Å²) in [5.41, 5.74) is 1.66. The van der Waals surface area contributed by atoms with Gasteiger partial charge in [-0.25, -0.2) is 19.2 Å². The summed E-state index contributed by atoms with van der Waals surface area (Å²) in [6.07, 6.45) is 22.5. The molecule has 0 N–H and O–H groups in total. The Morgan fingerprint density at radius 1 is 0.889 bits per heavy atom. The Bertz CT molecular complexity index is 907. The highest BCUT2D eigenvalue weighted by atomic mass is 19.1. The molecule has 198 valence electrons. The number of halogens is 1. The molecule has 1 aliphatic rings. The largest absolute Gasteiger partial charge is 0.459 e. The fourth-order valence-corrected chi connectivity index (χ4v) is 5.18. The minimum atomic E-state index is -0.582. The summed E-state index contributed by atoms with van der Waals surface area (Å²) >= 11 is 0. The van der Waals surface area contributed by atoms with Crippen LogP contribution in [0.3, 0.4) is 0 Å². The first kappa shape index (κ1) is 28.3. The van der Waals surface area contributed by atoms with E-state index in [4.69, 9.17) is 4.74 Å². The zero-order chi connectivity index (χ0) is 25.6. The average Bonchev–Trinajstić information content (AvgIpc) is 2.89. The molecule has 1 saturated carbocycles. The Hall–Kier alpha value is -2.30. The molecule has 0 unspecified atom stereocenters. The first-order valence-electron chi connectivity index (χ1n) is 14.4. The normalized spacial score (nSPS) is 17.8. The van der Waals surface area contributed by atoms with Crippen LogP contribution < -0.4 is 0 Å². The Morgan fingerprint density at radius 2 is 1.53 bits per heavy atom. The van der Waals surface area contributed by atoms with Gasteiger partial charge in [0.25, 0.3) is 0 Å². The monoisotopic (exact) mass is 496 g/mol. The molecule has 4 nitrogen and oxygen atoms in total. The number of unbranched alkanes of at least 4 members (excludes halogenated alkanes) is 8. The van der Waals surface area contributed by atoms with E-state index in [9.17, 15) is 9.18 Å². The highest BCUT2D eigenvalue weighted by Crippen LogP contribution is 2.31. The number of benzene rings is 1. The number of aryl methyl sites for hydroxylation is 1. The molecular weight excluding hydrogens is 451 g/mol. The second-order valence-corrected chi connectivity index (χ2v) is 10.5. The van der Waals surface area contributed by atoms with Crippen LogP contribution in [0.1, 0.15) is 126 Å². The molecule has 36 heavy (non-hydrogen) atoms. The zero-order valence-corrected chi connectivity index (χ0v) is 22.4. The lowest BCUT2D eigenvalue weighted by Crippen LogP contribution is -2.25. The van der Waals surface area contributed by atoms with Gasteiger partial charge in [0.15, 0.2) is 5.82 Å². The molecule has 1 heterocycles. The first-order valence-corrected chi connectivity index (χ1v) is 14.4. The molecule has 0 spiro atoms. The van der Waals surface area contributed by atoms with Crippen LogP contribution >= 0.6 is 0 Å². The molecular formula is C31H45FN2O2. The Balaban J connectivity index is 1.45. The molecule has 1 aromatic carbocycles. The van der Waals surface area contributed by atoms with Gasteiger partial charge in [0.05, 0.1) is 5.56 Å². The van der Waals surface area contributed by atoms with Crippen LogP contribution in [0.2, 0.25) is 0 Å². The van der Waals surface area contributed by atoms with Gasteiger partial charge in [-0.05, 0) is 62.1 Å². The van der Waals surface area contributed by atoms with Gasteiger partial charge < -0.3 is 4.74 Å². The minimum absolute atomic E-state index is 0.0145. The molecule has 1 aromatic heterocycles. The lowest BCUT2D eigenvalue weighted by molar-refractivity contribution is 0.0156. The number of ether oxygens (including phenoxy) is 1. The Morgan fingerprint density at radius 3 is 2.19 bits per heavy atom. The average molecular weight is 497 g/mol. The molecule has 1 aliphatic carbocycles. The van der Waals surface area contributed by atoms with Crippen LogP contribution in [0, 0.1) is 11.7 Å².